The number of likely N-dealkylation sites (N-methyl/N-ethyl adjacent to an activating group) is 2. The van der Waals surface area contributed by atoms with E-state index in [-0.39, 0.29) is 12.3 Å². The molecule has 1 fully saturated rings. The SMILES string of the molecule is CN(CCN(C)C1CC1)C(=O)C1=C[C@@H](O)[C@@H](O)[C@H](O)C1. The van der Waals surface area contributed by atoms with Gasteiger partial charge < -0.3 is 25.1 Å². The Hall–Kier alpha value is -0.950. The summed E-state index contributed by atoms with van der Waals surface area (Å²) in [5.41, 5.74) is 0.367. The topological polar surface area (TPSA) is 84.2 Å². The summed E-state index contributed by atoms with van der Waals surface area (Å²) in [6.45, 7) is 1.42. The summed E-state index contributed by atoms with van der Waals surface area (Å²) in [4.78, 5) is 16.1. The first kappa shape index (κ1) is 15.4. The van der Waals surface area contributed by atoms with Gasteiger partial charge in [0.05, 0.1) is 6.10 Å². The number of carbonyl (C=O) groups excluding carboxylic acids is 1. The van der Waals surface area contributed by atoms with Gasteiger partial charge in [0.15, 0.2) is 0 Å². The number of hydrogen-bond acceptors (Lipinski definition) is 5. The fourth-order valence-electron chi connectivity index (χ4n) is 2.46. The quantitative estimate of drug-likeness (QED) is 0.600. The first-order valence-corrected chi connectivity index (χ1v) is 7.10. The van der Waals surface area contributed by atoms with Gasteiger partial charge in [-0.3, -0.25) is 4.79 Å². The van der Waals surface area contributed by atoms with E-state index in [2.05, 4.69) is 11.9 Å². The van der Waals surface area contributed by atoms with E-state index < -0.39 is 18.3 Å². The van der Waals surface area contributed by atoms with Crippen molar-refractivity contribution in [3.05, 3.63) is 11.6 Å². The highest BCUT2D eigenvalue weighted by atomic mass is 16.4. The molecule has 0 bridgehead atoms. The van der Waals surface area contributed by atoms with Gasteiger partial charge in [-0.25, -0.2) is 0 Å². The Balaban J connectivity index is 1.87. The minimum Gasteiger partial charge on any atom is -0.390 e. The van der Waals surface area contributed by atoms with Crippen LogP contribution in [0.25, 0.3) is 0 Å². The van der Waals surface area contributed by atoms with Crippen molar-refractivity contribution in [2.75, 3.05) is 27.2 Å². The standard InChI is InChI=1S/C14H24N2O4/c1-15(10-3-4-10)5-6-16(2)14(20)9-7-11(17)13(19)12(18)8-9/h7,10-13,17-19H,3-6,8H2,1-2H3/t11-,12-,13-/m1/s1. The van der Waals surface area contributed by atoms with Crippen LogP contribution in [0.1, 0.15) is 19.3 Å². The van der Waals surface area contributed by atoms with E-state index in [1.165, 1.54) is 18.9 Å². The molecule has 0 aliphatic heterocycles. The Morgan fingerprint density at radius 2 is 1.90 bits per heavy atom. The molecular weight excluding hydrogens is 260 g/mol. The van der Waals surface area contributed by atoms with Crippen LogP contribution in [-0.2, 0) is 4.79 Å². The Kier molecular flexibility index (Phi) is 4.80. The highest BCUT2D eigenvalue weighted by Gasteiger charge is 2.32. The van der Waals surface area contributed by atoms with Gasteiger partial charge in [-0.15, -0.1) is 0 Å². The van der Waals surface area contributed by atoms with Crippen LogP contribution in [0, 0.1) is 0 Å². The molecule has 0 aromatic heterocycles. The fraction of sp³-hybridized carbons (Fsp3) is 0.786. The lowest BCUT2D eigenvalue weighted by molar-refractivity contribution is -0.127. The molecule has 6 heteroatoms. The maximum absolute atomic E-state index is 12.2. The van der Waals surface area contributed by atoms with E-state index in [4.69, 9.17) is 0 Å². The number of nitrogens with zero attached hydrogens (tertiary/aromatic N) is 2. The largest absolute Gasteiger partial charge is 0.390 e. The summed E-state index contributed by atoms with van der Waals surface area (Å²) < 4.78 is 0. The molecule has 6 nitrogen and oxygen atoms in total. The zero-order chi connectivity index (χ0) is 14.9. The van der Waals surface area contributed by atoms with Crippen LogP contribution >= 0.6 is 0 Å². The third-order valence-electron chi connectivity index (χ3n) is 4.12. The summed E-state index contributed by atoms with van der Waals surface area (Å²) in [5, 5.41) is 28.7. The zero-order valence-corrected chi connectivity index (χ0v) is 12.1. The van der Waals surface area contributed by atoms with Crippen molar-refractivity contribution in [2.45, 2.75) is 43.6 Å². The lowest BCUT2D eigenvalue weighted by Gasteiger charge is -2.29. The zero-order valence-electron chi connectivity index (χ0n) is 12.1. The van der Waals surface area contributed by atoms with Crippen molar-refractivity contribution in [1.82, 2.24) is 9.80 Å². The van der Waals surface area contributed by atoms with Gasteiger partial charge in [-0.1, -0.05) is 0 Å². The normalized spacial score (nSPS) is 30.3. The minimum absolute atomic E-state index is 0.0832. The smallest absolute Gasteiger partial charge is 0.249 e. The number of aliphatic hydroxyl groups is 3. The first-order valence-electron chi connectivity index (χ1n) is 7.10. The third-order valence-corrected chi connectivity index (χ3v) is 4.12. The molecule has 2 rings (SSSR count). The molecule has 0 unspecified atom stereocenters. The second-order valence-electron chi connectivity index (χ2n) is 5.88. The molecule has 0 spiro atoms. The molecule has 3 N–H and O–H groups in total. The molecule has 0 aromatic rings. The minimum atomic E-state index is -1.21. The molecule has 20 heavy (non-hydrogen) atoms. The van der Waals surface area contributed by atoms with Crippen LogP contribution in [-0.4, -0.2) is 82.6 Å². The predicted molar refractivity (Wildman–Crippen MR) is 74.0 cm³/mol. The average molecular weight is 284 g/mol. The van der Waals surface area contributed by atoms with Crippen LogP contribution in [0.5, 0.6) is 0 Å². The summed E-state index contributed by atoms with van der Waals surface area (Å²) in [6.07, 6.45) is 0.417. The van der Waals surface area contributed by atoms with Crippen molar-refractivity contribution in [2.24, 2.45) is 0 Å². The van der Waals surface area contributed by atoms with Gasteiger partial charge in [-0.05, 0) is 26.0 Å². The number of aliphatic hydroxyl groups excluding tert-OH is 3. The second kappa shape index (κ2) is 6.22. The summed E-state index contributed by atoms with van der Waals surface area (Å²) >= 11 is 0. The van der Waals surface area contributed by atoms with Gasteiger partial charge >= 0.3 is 0 Å². The monoisotopic (exact) mass is 284 g/mol. The molecule has 0 radical (unpaired) electrons. The number of amides is 1. The molecule has 0 heterocycles. The lowest BCUT2D eigenvalue weighted by atomic mass is 9.91. The van der Waals surface area contributed by atoms with Gasteiger partial charge in [0.25, 0.3) is 0 Å². The summed E-state index contributed by atoms with van der Waals surface area (Å²) in [5.74, 6) is -0.195. The van der Waals surface area contributed by atoms with Gasteiger partial charge in [0.2, 0.25) is 5.91 Å². The third kappa shape index (κ3) is 3.58. The Morgan fingerprint density at radius 3 is 2.45 bits per heavy atom. The van der Waals surface area contributed by atoms with Crippen molar-refractivity contribution in [1.29, 1.82) is 0 Å². The van der Waals surface area contributed by atoms with Gasteiger partial charge in [-0.2, -0.15) is 0 Å². The maximum atomic E-state index is 12.2. The maximum Gasteiger partial charge on any atom is 0.249 e. The molecular formula is C14H24N2O4. The molecule has 0 aromatic carbocycles. The fourth-order valence-corrected chi connectivity index (χ4v) is 2.46. The number of carbonyl (C=O) groups is 1. The second-order valence-corrected chi connectivity index (χ2v) is 5.88. The van der Waals surface area contributed by atoms with E-state index in [0.29, 0.717) is 18.2 Å². The van der Waals surface area contributed by atoms with Crippen molar-refractivity contribution in [3.63, 3.8) is 0 Å². The van der Waals surface area contributed by atoms with Gasteiger partial charge in [0, 0.05) is 38.2 Å². The molecule has 2 aliphatic rings. The molecule has 0 saturated heterocycles. The van der Waals surface area contributed by atoms with E-state index in [9.17, 15) is 20.1 Å². The number of rotatable bonds is 5. The summed E-state index contributed by atoms with van der Waals surface area (Å²) in [7, 11) is 3.77. The van der Waals surface area contributed by atoms with E-state index in [1.807, 2.05) is 0 Å². The molecule has 114 valence electrons. The highest BCUT2D eigenvalue weighted by molar-refractivity contribution is 5.93. The molecule has 2 aliphatic carbocycles. The molecule has 3 atom stereocenters. The van der Waals surface area contributed by atoms with E-state index in [1.54, 1.807) is 11.9 Å². The van der Waals surface area contributed by atoms with E-state index >= 15 is 0 Å². The van der Waals surface area contributed by atoms with Crippen LogP contribution in [0.15, 0.2) is 11.6 Å². The highest BCUT2D eigenvalue weighted by Crippen LogP contribution is 2.25. The first-order chi connectivity index (χ1) is 9.40. The predicted octanol–water partition coefficient (Wildman–Crippen LogP) is -1.05. The van der Waals surface area contributed by atoms with E-state index in [0.717, 1.165) is 6.54 Å². The lowest BCUT2D eigenvalue weighted by Crippen LogP contribution is -2.43. The Labute approximate surface area is 119 Å². The summed E-state index contributed by atoms with van der Waals surface area (Å²) in [6, 6.07) is 0.659. The molecule has 1 amide bonds. The van der Waals surface area contributed by atoms with Gasteiger partial charge in [0.1, 0.15) is 12.2 Å². The van der Waals surface area contributed by atoms with Crippen LogP contribution < -0.4 is 0 Å². The Morgan fingerprint density at radius 1 is 1.25 bits per heavy atom. The van der Waals surface area contributed by atoms with Crippen LogP contribution in [0.2, 0.25) is 0 Å². The Bertz CT molecular complexity index is 395. The van der Waals surface area contributed by atoms with Crippen molar-refractivity contribution < 1.29 is 20.1 Å². The van der Waals surface area contributed by atoms with Crippen LogP contribution in [0.3, 0.4) is 0 Å². The number of hydrogen-bond donors (Lipinski definition) is 3. The van der Waals surface area contributed by atoms with Crippen molar-refractivity contribution in [3.8, 4) is 0 Å². The van der Waals surface area contributed by atoms with Crippen molar-refractivity contribution >= 4 is 5.91 Å². The van der Waals surface area contributed by atoms with Crippen LogP contribution in [0.4, 0.5) is 0 Å². The average Bonchev–Trinajstić information content (AvgIpc) is 3.24. The molecule has 1 saturated carbocycles.